The number of ether oxygens (including phenoxy) is 1. The summed E-state index contributed by atoms with van der Waals surface area (Å²) in [6.07, 6.45) is -0.952. The fourth-order valence-corrected chi connectivity index (χ4v) is 2.40. The van der Waals surface area contributed by atoms with Gasteiger partial charge in [-0.05, 0) is 6.07 Å². The number of hydrogen-bond acceptors (Lipinski definition) is 6. The summed E-state index contributed by atoms with van der Waals surface area (Å²) in [6.45, 7) is -0.00446. The molecule has 0 unspecified atom stereocenters. The van der Waals surface area contributed by atoms with Gasteiger partial charge in [0.2, 0.25) is 0 Å². The summed E-state index contributed by atoms with van der Waals surface area (Å²) in [7, 11) is 4.25. The molecule has 0 fully saturated rings. The molecule has 0 radical (unpaired) electrons. The Hall–Kier alpha value is -3.05. The number of para-hydroxylation sites is 1. The number of aliphatic hydroxyl groups is 1. The van der Waals surface area contributed by atoms with Gasteiger partial charge in [0, 0.05) is 26.2 Å². The van der Waals surface area contributed by atoms with Crippen LogP contribution in [-0.2, 0) is 14.1 Å². The normalized spacial score (nSPS) is 11.6. The van der Waals surface area contributed by atoms with Gasteiger partial charge in [-0.1, -0.05) is 18.2 Å². The molecule has 2 N–H and O–H groups in total. The highest BCUT2D eigenvalue weighted by atomic mass is 16.5. The number of aromatic nitrogens is 2. The van der Waals surface area contributed by atoms with E-state index in [9.17, 15) is 20.0 Å². The SMILES string of the molecule is COc1ccccc1[C@@H](O)CNc1c(C#N)c(=O)n(C)c(=O)n1C. The Morgan fingerprint density at radius 1 is 1.29 bits per heavy atom. The second kappa shape index (κ2) is 7.02. The molecular weight excluding hydrogens is 312 g/mol. The van der Waals surface area contributed by atoms with Gasteiger partial charge in [-0.2, -0.15) is 5.26 Å². The van der Waals surface area contributed by atoms with Crippen molar-refractivity contribution in [1.82, 2.24) is 9.13 Å². The largest absolute Gasteiger partial charge is 0.496 e. The van der Waals surface area contributed by atoms with E-state index < -0.39 is 17.4 Å². The fraction of sp³-hybridized carbons (Fsp3) is 0.312. The van der Waals surface area contributed by atoms with Crippen LogP contribution in [0.1, 0.15) is 17.2 Å². The second-order valence-electron chi connectivity index (χ2n) is 5.18. The van der Waals surface area contributed by atoms with Crippen LogP contribution < -0.4 is 21.3 Å². The molecule has 0 aliphatic heterocycles. The zero-order valence-corrected chi connectivity index (χ0v) is 13.6. The topological polar surface area (TPSA) is 109 Å². The molecule has 0 aliphatic carbocycles. The summed E-state index contributed by atoms with van der Waals surface area (Å²) >= 11 is 0. The fourth-order valence-electron chi connectivity index (χ4n) is 2.40. The summed E-state index contributed by atoms with van der Waals surface area (Å²) < 4.78 is 7.22. The molecule has 0 aliphatic rings. The van der Waals surface area contributed by atoms with Gasteiger partial charge < -0.3 is 15.2 Å². The first-order valence-corrected chi connectivity index (χ1v) is 7.17. The summed E-state index contributed by atoms with van der Waals surface area (Å²) in [4.78, 5) is 24.0. The summed E-state index contributed by atoms with van der Waals surface area (Å²) in [5.74, 6) is 0.588. The molecule has 1 aromatic heterocycles. The highest BCUT2D eigenvalue weighted by Crippen LogP contribution is 2.24. The Balaban J connectivity index is 2.35. The van der Waals surface area contributed by atoms with Gasteiger partial charge >= 0.3 is 5.69 Å². The molecule has 2 rings (SSSR count). The first-order valence-electron chi connectivity index (χ1n) is 7.17. The number of benzene rings is 1. The van der Waals surface area contributed by atoms with E-state index in [0.717, 1.165) is 9.13 Å². The van der Waals surface area contributed by atoms with E-state index in [2.05, 4.69) is 5.32 Å². The third kappa shape index (κ3) is 3.02. The first-order chi connectivity index (χ1) is 11.4. The Labute approximate surface area is 138 Å². The summed E-state index contributed by atoms with van der Waals surface area (Å²) in [6, 6.07) is 8.76. The minimum absolute atomic E-state index is 0.00446. The van der Waals surface area contributed by atoms with Crippen molar-refractivity contribution in [3.8, 4) is 11.8 Å². The monoisotopic (exact) mass is 330 g/mol. The van der Waals surface area contributed by atoms with Crippen LogP contribution in [0.2, 0.25) is 0 Å². The van der Waals surface area contributed by atoms with Crippen molar-refractivity contribution in [2.75, 3.05) is 19.0 Å². The highest BCUT2D eigenvalue weighted by Gasteiger charge is 2.18. The molecule has 0 spiro atoms. The molecule has 24 heavy (non-hydrogen) atoms. The molecule has 2 aromatic rings. The van der Waals surface area contributed by atoms with Crippen LogP contribution in [0.3, 0.4) is 0 Å². The van der Waals surface area contributed by atoms with E-state index in [1.165, 1.54) is 21.2 Å². The summed E-state index contributed by atoms with van der Waals surface area (Å²) in [5.41, 5.74) is -0.880. The minimum atomic E-state index is -0.952. The third-order valence-corrected chi connectivity index (χ3v) is 3.74. The smallest absolute Gasteiger partial charge is 0.332 e. The van der Waals surface area contributed by atoms with E-state index in [0.29, 0.717) is 11.3 Å². The van der Waals surface area contributed by atoms with Gasteiger partial charge in [-0.15, -0.1) is 0 Å². The van der Waals surface area contributed by atoms with Gasteiger partial charge in [0.05, 0.1) is 13.2 Å². The van der Waals surface area contributed by atoms with Crippen LogP contribution in [-0.4, -0.2) is 27.9 Å². The standard InChI is InChI=1S/C16H18N4O4/c1-19-14(11(8-17)15(22)20(2)16(19)23)18-9-12(21)10-6-4-5-7-13(10)24-3/h4-7,12,18,21H,9H2,1-3H3/t12-/m0/s1. The predicted octanol–water partition coefficient (Wildman–Crippen LogP) is 0.110. The number of aliphatic hydroxyl groups excluding tert-OH is 1. The van der Waals surface area contributed by atoms with Crippen molar-refractivity contribution in [2.24, 2.45) is 14.1 Å². The molecule has 0 saturated carbocycles. The van der Waals surface area contributed by atoms with Crippen LogP contribution in [0.15, 0.2) is 33.9 Å². The number of nitrogens with zero attached hydrogens (tertiary/aromatic N) is 3. The molecular formula is C16H18N4O4. The number of nitrogens with one attached hydrogen (secondary N) is 1. The minimum Gasteiger partial charge on any atom is -0.496 e. The van der Waals surface area contributed by atoms with E-state index >= 15 is 0 Å². The lowest BCUT2D eigenvalue weighted by Crippen LogP contribution is -2.40. The highest BCUT2D eigenvalue weighted by molar-refractivity contribution is 5.51. The lowest BCUT2D eigenvalue weighted by atomic mass is 10.1. The van der Waals surface area contributed by atoms with Gasteiger partial charge in [-0.3, -0.25) is 13.9 Å². The number of nitriles is 1. The lowest BCUT2D eigenvalue weighted by molar-refractivity contribution is 0.186. The second-order valence-corrected chi connectivity index (χ2v) is 5.18. The van der Waals surface area contributed by atoms with E-state index in [-0.39, 0.29) is 17.9 Å². The van der Waals surface area contributed by atoms with Crippen molar-refractivity contribution < 1.29 is 9.84 Å². The molecule has 1 aromatic carbocycles. The Morgan fingerprint density at radius 3 is 2.58 bits per heavy atom. The molecule has 126 valence electrons. The number of anilines is 1. The number of methoxy groups -OCH3 is 1. The Kier molecular flexibility index (Phi) is 5.06. The maximum atomic E-state index is 12.0. The average Bonchev–Trinajstić information content (AvgIpc) is 2.61. The predicted molar refractivity (Wildman–Crippen MR) is 88.1 cm³/mol. The zero-order chi connectivity index (χ0) is 17.9. The maximum Gasteiger partial charge on any atom is 0.332 e. The average molecular weight is 330 g/mol. The lowest BCUT2D eigenvalue weighted by Gasteiger charge is -2.18. The molecule has 8 heteroatoms. The van der Waals surface area contributed by atoms with Crippen LogP contribution >= 0.6 is 0 Å². The zero-order valence-electron chi connectivity index (χ0n) is 13.6. The number of rotatable bonds is 5. The van der Waals surface area contributed by atoms with E-state index in [4.69, 9.17) is 4.74 Å². The van der Waals surface area contributed by atoms with Gasteiger partial charge in [-0.25, -0.2) is 4.79 Å². The van der Waals surface area contributed by atoms with Crippen molar-refractivity contribution in [3.05, 3.63) is 56.2 Å². The molecule has 8 nitrogen and oxygen atoms in total. The van der Waals surface area contributed by atoms with Crippen LogP contribution in [0.5, 0.6) is 5.75 Å². The molecule has 1 atom stereocenters. The van der Waals surface area contributed by atoms with Crippen molar-refractivity contribution in [1.29, 1.82) is 5.26 Å². The van der Waals surface area contributed by atoms with Crippen molar-refractivity contribution >= 4 is 5.82 Å². The van der Waals surface area contributed by atoms with Crippen molar-refractivity contribution in [3.63, 3.8) is 0 Å². The van der Waals surface area contributed by atoms with Gasteiger partial charge in [0.15, 0.2) is 5.56 Å². The molecule has 0 saturated heterocycles. The van der Waals surface area contributed by atoms with Gasteiger partial charge in [0.25, 0.3) is 5.56 Å². The van der Waals surface area contributed by atoms with E-state index in [1.54, 1.807) is 30.3 Å². The maximum absolute atomic E-state index is 12.0. The molecule has 0 bridgehead atoms. The third-order valence-electron chi connectivity index (χ3n) is 3.74. The van der Waals surface area contributed by atoms with Crippen molar-refractivity contribution in [2.45, 2.75) is 6.10 Å². The molecule has 0 amide bonds. The van der Waals surface area contributed by atoms with Crippen LogP contribution in [0.4, 0.5) is 5.82 Å². The molecule has 1 heterocycles. The van der Waals surface area contributed by atoms with Crippen LogP contribution in [0.25, 0.3) is 0 Å². The quantitative estimate of drug-likeness (QED) is 0.805. The van der Waals surface area contributed by atoms with E-state index in [1.807, 2.05) is 0 Å². The Bertz CT molecular complexity index is 908. The Morgan fingerprint density at radius 2 is 1.96 bits per heavy atom. The van der Waals surface area contributed by atoms with Crippen LogP contribution in [0, 0.1) is 11.3 Å². The summed E-state index contributed by atoms with van der Waals surface area (Å²) in [5, 5.41) is 22.4. The number of hydrogen-bond donors (Lipinski definition) is 2. The first kappa shape index (κ1) is 17.3. The van der Waals surface area contributed by atoms with Gasteiger partial charge in [0.1, 0.15) is 17.6 Å².